The Hall–Kier alpha value is -1.64. The first-order valence-corrected chi connectivity index (χ1v) is 6.93. The fourth-order valence-corrected chi connectivity index (χ4v) is 3.45. The molecule has 2 fully saturated rings. The Labute approximate surface area is 113 Å². The summed E-state index contributed by atoms with van der Waals surface area (Å²) >= 11 is 0. The predicted octanol–water partition coefficient (Wildman–Crippen LogP) is 2.53. The Bertz CT molecular complexity index is 494. The van der Waals surface area contributed by atoms with Gasteiger partial charge in [0.2, 0.25) is 0 Å². The van der Waals surface area contributed by atoms with E-state index in [2.05, 4.69) is 12.1 Å². The lowest BCUT2D eigenvalue weighted by molar-refractivity contribution is -0.150. The van der Waals surface area contributed by atoms with E-state index in [0.717, 1.165) is 19.3 Å². The molecule has 1 spiro atoms. The predicted molar refractivity (Wildman–Crippen MR) is 70.5 cm³/mol. The number of benzene rings is 1. The summed E-state index contributed by atoms with van der Waals surface area (Å²) in [5, 5.41) is 0. The van der Waals surface area contributed by atoms with Crippen molar-refractivity contribution in [2.24, 2.45) is 11.3 Å². The fourth-order valence-electron chi connectivity index (χ4n) is 3.45. The van der Waals surface area contributed by atoms with Gasteiger partial charge in [0, 0.05) is 18.8 Å². The standard InChI is InChI=1S/C16H18O3/c17-14-7-4-8-16(10-14)13(11-19-15(16)18)9-12-5-2-1-3-6-12/h1-3,5-6,13H,4,7-11H2/t13?,16-/m0/s1. The van der Waals surface area contributed by atoms with E-state index in [1.807, 2.05) is 18.2 Å². The molecule has 2 aliphatic rings. The maximum Gasteiger partial charge on any atom is 0.312 e. The van der Waals surface area contributed by atoms with Gasteiger partial charge in [-0.25, -0.2) is 0 Å². The van der Waals surface area contributed by atoms with E-state index in [1.54, 1.807) is 0 Å². The summed E-state index contributed by atoms with van der Waals surface area (Å²) in [4.78, 5) is 23.9. The number of carbonyl (C=O) groups excluding carboxylic acids is 2. The SMILES string of the molecule is O=C1CCC[C@@]2(C1)C(=O)OCC2Cc1ccccc1. The number of hydrogen-bond donors (Lipinski definition) is 0. The van der Waals surface area contributed by atoms with Crippen LogP contribution in [-0.2, 0) is 20.7 Å². The monoisotopic (exact) mass is 258 g/mol. The molecule has 3 nitrogen and oxygen atoms in total. The fraction of sp³-hybridized carbons (Fsp3) is 0.500. The highest BCUT2D eigenvalue weighted by Gasteiger charge is 2.53. The zero-order valence-corrected chi connectivity index (χ0v) is 10.9. The molecule has 0 amide bonds. The molecule has 0 radical (unpaired) electrons. The first-order valence-electron chi connectivity index (χ1n) is 6.93. The number of hydrogen-bond acceptors (Lipinski definition) is 3. The van der Waals surface area contributed by atoms with Gasteiger partial charge in [-0.15, -0.1) is 0 Å². The van der Waals surface area contributed by atoms with Crippen molar-refractivity contribution in [3.05, 3.63) is 35.9 Å². The molecule has 1 saturated heterocycles. The zero-order chi connectivity index (χ0) is 13.3. The molecule has 1 aliphatic heterocycles. The molecule has 0 bridgehead atoms. The molecular weight excluding hydrogens is 240 g/mol. The van der Waals surface area contributed by atoms with Crippen LogP contribution >= 0.6 is 0 Å². The lowest BCUT2D eigenvalue weighted by atomic mass is 9.65. The topological polar surface area (TPSA) is 43.4 Å². The third kappa shape index (κ3) is 2.18. The van der Waals surface area contributed by atoms with Crippen LogP contribution in [0.2, 0.25) is 0 Å². The highest BCUT2D eigenvalue weighted by atomic mass is 16.5. The van der Waals surface area contributed by atoms with Gasteiger partial charge < -0.3 is 4.74 Å². The highest BCUT2D eigenvalue weighted by Crippen LogP contribution is 2.47. The van der Waals surface area contributed by atoms with Gasteiger partial charge in [-0.2, -0.15) is 0 Å². The first-order chi connectivity index (χ1) is 9.21. The molecule has 1 aromatic carbocycles. The van der Waals surface area contributed by atoms with E-state index in [-0.39, 0.29) is 17.7 Å². The van der Waals surface area contributed by atoms with Crippen LogP contribution in [0.5, 0.6) is 0 Å². The quantitative estimate of drug-likeness (QED) is 0.766. The minimum Gasteiger partial charge on any atom is -0.465 e. The van der Waals surface area contributed by atoms with Crippen molar-refractivity contribution >= 4 is 11.8 Å². The zero-order valence-electron chi connectivity index (χ0n) is 10.9. The molecule has 1 aliphatic carbocycles. The molecular formula is C16H18O3. The summed E-state index contributed by atoms with van der Waals surface area (Å²) in [5.74, 6) is 0.205. The van der Waals surface area contributed by atoms with E-state index in [0.29, 0.717) is 19.4 Å². The molecule has 1 saturated carbocycles. The number of cyclic esters (lactones) is 1. The Morgan fingerprint density at radius 2 is 2.00 bits per heavy atom. The van der Waals surface area contributed by atoms with Gasteiger partial charge in [0.05, 0.1) is 12.0 Å². The molecule has 1 aromatic rings. The summed E-state index contributed by atoms with van der Waals surface area (Å²) < 4.78 is 5.29. The average Bonchev–Trinajstić information content (AvgIpc) is 2.69. The lowest BCUT2D eigenvalue weighted by Crippen LogP contribution is -2.39. The Kier molecular flexibility index (Phi) is 3.13. The van der Waals surface area contributed by atoms with Crippen LogP contribution in [0, 0.1) is 11.3 Å². The molecule has 2 atom stereocenters. The van der Waals surface area contributed by atoms with Crippen LogP contribution in [0.25, 0.3) is 0 Å². The molecule has 0 aromatic heterocycles. The molecule has 3 heteroatoms. The van der Waals surface area contributed by atoms with E-state index < -0.39 is 5.41 Å². The van der Waals surface area contributed by atoms with Crippen molar-refractivity contribution in [1.29, 1.82) is 0 Å². The third-order valence-electron chi connectivity index (χ3n) is 4.52. The molecule has 1 unspecified atom stereocenters. The lowest BCUT2D eigenvalue weighted by Gasteiger charge is -2.33. The first kappa shape index (κ1) is 12.4. The number of ketones is 1. The van der Waals surface area contributed by atoms with Crippen LogP contribution in [0.4, 0.5) is 0 Å². The van der Waals surface area contributed by atoms with E-state index in [4.69, 9.17) is 4.74 Å². The van der Waals surface area contributed by atoms with Crippen LogP contribution in [0.15, 0.2) is 30.3 Å². The molecule has 0 N–H and O–H groups in total. The Morgan fingerprint density at radius 3 is 2.74 bits per heavy atom. The van der Waals surface area contributed by atoms with Crippen LogP contribution in [0.3, 0.4) is 0 Å². The van der Waals surface area contributed by atoms with Gasteiger partial charge in [-0.1, -0.05) is 30.3 Å². The second-order valence-electron chi connectivity index (χ2n) is 5.71. The van der Waals surface area contributed by atoms with Crippen LogP contribution < -0.4 is 0 Å². The van der Waals surface area contributed by atoms with Gasteiger partial charge in [0.1, 0.15) is 5.78 Å². The van der Waals surface area contributed by atoms with Gasteiger partial charge in [0.25, 0.3) is 0 Å². The number of carbonyl (C=O) groups is 2. The van der Waals surface area contributed by atoms with E-state index in [9.17, 15) is 9.59 Å². The summed E-state index contributed by atoms with van der Waals surface area (Å²) in [6.45, 7) is 0.459. The second-order valence-corrected chi connectivity index (χ2v) is 5.71. The van der Waals surface area contributed by atoms with Crippen LogP contribution in [-0.4, -0.2) is 18.4 Å². The largest absolute Gasteiger partial charge is 0.465 e. The van der Waals surface area contributed by atoms with Crippen molar-refractivity contribution in [1.82, 2.24) is 0 Å². The smallest absolute Gasteiger partial charge is 0.312 e. The second kappa shape index (κ2) is 4.80. The summed E-state index contributed by atoms with van der Waals surface area (Å²) in [5.41, 5.74) is 0.675. The normalized spacial score (nSPS) is 30.6. The number of ether oxygens (including phenoxy) is 1. The van der Waals surface area contributed by atoms with Crippen molar-refractivity contribution in [2.45, 2.75) is 32.1 Å². The number of Topliss-reactive ketones (excluding diaryl/α,β-unsaturated/α-hetero) is 1. The average molecular weight is 258 g/mol. The summed E-state index contributed by atoms with van der Waals surface area (Å²) in [7, 11) is 0. The van der Waals surface area contributed by atoms with Gasteiger partial charge in [-0.3, -0.25) is 9.59 Å². The van der Waals surface area contributed by atoms with Gasteiger partial charge in [0.15, 0.2) is 0 Å². The maximum absolute atomic E-state index is 12.1. The molecule has 1 heterocycles. The van der Waals surface area contributed by atoms with E-state index in [1.165, 1.54) is 5.56 Å². The van der Waals surface area contributed by atoms with Crippen molar-refractivity contribution < 1.29 is 14.3 Å². The Balaban J connectivity index is 1.84. The van der Waals surface area contributed by atoms with Crippen molar-refractivity contribution in [2.75, 3.05) is 6.61 Å². The highest BCUT2D eigenvalue weighted by molar-refractivity contribution is 5.89. The third-order valence-corrected chi connectivity index (χ3v) is 4.52. The summed E-state index contributed by atoms with van der Waals surface area (Å²) in [6, 6.07) is 10.1. The van der Waals surface area contributed by atoms with Crippen LogP contribution in [0.1, 0.15) is 31.2 Å². The van der Waals surface area contributed by atoms with Crippen molar-refractivity contribution in [3.8, 4) is 0 Å². The summed E-state index contributed by atoms with van der Waals surface area (Å²) in [6.07, 6.45) is 3.44. The Morgan fingerprint density at radius 1 is 1.21 bits per heavy atom. The van der Waals surface area contributed by atoms with Gasteiger partial charge in [-0.05, 0) is 24.8 Å². The molecule has 3 rings (SSSR count). The number of esters is 1. The molecule has 19 heavy (non-hydrogen) atoms. The van der Waals surface area contributed by atoms with Crippen molar-refractivity contribution in [3.63, 3.8) is 0 Å². The van der Waals surface area contributed by atoms with Gasteiger partial charge >= 0.3 is 5.97 Å². The van der Waals surface area contributed by atoms with E-state index >= 15 is 0 Å². The minimum absolute atomic E-state index is 0.145. The minimum atomic E-state index is -0.537. The number of rotatable bonds is 2. The maximum atomic E-state index is 12.1. The molecule has 100 valence electrons.